The van der Waals surface area contributed by atoms with Crippen LogP contribution < -0.4 is 4.90 Å². The summed E-state index contributed by atoms with van der Waals surface area (Å²) in [5.74, 6) is 0.422. The molecule has 2 heterocycles. The van der Waals surface area contributed by atoms with Gasteiger partial charge in [-0.15, -0.1) is 11.8 Å². The molecule has 20 heavy (non-hydrogen) atoms. The SMILES string of the molecule is CC1CCN(C(=O)C2CCOCC2)c2ccccc2S1. The number of nitrogens with zero attached hydrogens (tertiary/aromatic N) is 1. The van der Waals surface area contributed by atoms with Gasteiger partial charge in [0.1, 0.15) is 0 Å². The van der Waals surface area contributed by atoms with Crippen molar-refractivity contribution in [3.05, 3.63) is 24.3 Å². The molecule has 0 spiro atoms. The lowest BCUT2D eigenvalue weighted by Crippen LogP contribution is -2.39. The molecule has 0 aromatic heterocycles. The van der Waals surface area contributed by atoms with Gasteiger partial charge >= 0.3 is 0 Å². The summed E-state index contributed by atoms with van der Waals surface area (Å²) in [7, 11) is 0. The smallest absolute Gasteiger partial charge is 0.230 e. The molecule has 1 aromatic rings. The average Bonchev–Trinajstić information content (AvgIpc) is 2.66. The molecule has 2 aliphatic heterocycles. The molecule has 1 fully saturated rings. The number of hydrogen-bond acceptors (Lipinski definition) is 3. The normalized spacial score (nSPS) is 24.1. The number of hydrogen-bond donors (Lipinski definition) is 0. The van der Waals surface area contributed by atoms with Crippen LogP contribution in [0.3, 0.4) is 0 Å². The molecule has 1 unspecified atom stereocenters. The Morgan fingerprint density at radius 3 is 2.80 bits per heavy atom. The Labute approximate surface area is 124 Å². The summed E-state index contributed by atoms with van der Waals surface area (Å²) in [6.07, 6.45) is 2.77. The second-order valence-corrected chi connectivity index (χ2v) is 7.04. The number of benzene rings is 1. The zero-order valence-electron chi connectivity index (χ0n) is 11.9. The van der Waals surface area contributed by atoms with Gasteiger partial charge in [-0.1, -0.05) is 19.1 Å². The molecule has 1 aromatic carbocycles. The van der Waals surface area contributed by atoms with Gasteiger partial charge in [0.05, 0.1) is 5.69 Å². The van der Waals surface area contributed by atoms with Gasteiger partial charge in [-0.3, -0.25) is 4.79 Å². The number of fused-ring (bicyclic) bond motifs is 1. The van der Waals surface area contributed by atoms with E-state index in [9.17, 15) is 4.79 Å². The van der Waals surface area contributed by atoms with Crippen LogP contribution in [-0.4, -0.2) is 30.9 Å². The van der Waals surface area contributed by atoms with Crippen molar-refractivity contribution in [2.75, 3.05) is 24.7 Å². The summed E-state index contributed by atoms with van der Waals surface area (Å²) in [4.78, 5) is 16.1. The zero-order valence-corrected chi connectivity index (χ0v) is 12.7. The second kappa shape index (κ2) is 6.19. The largest absolute Gasteiger partial charge is 0.381 e. The number of thioether (sulfide) groups is 1. The number of amides is 1. The minimum atomic E-state index is 0.134. The summed E-state index contributed by atoms with van der Waals surface area (Å²) in [6.45, 7) is 4.51. The summed E-state index contributed by atoms with van der Waals surface area (Å²) < 4.78 is 5.37. The monoisotopic (exact) mass is 291 g/mol. The van der Waals surface area contributed by atoms with Crippen molar-refractivity contribution >= 4 is 23.4 Å². The van der Waals surface area contributed by atoms with Crippen molar-refractivity contribution in [2.45, 2.75) is 36.3 Å². The van der Waals surface area contributed by atoms with Gasteiger partial charge in [-0.05, 0) is 31.4 Å². The molecule has 0 aliphatic carbocycles. The molecule has 3 nitrogen and oxygen atoms in total. The van der Waals surface area contributed by atoms with E-state index < -0.39 is 0 Å². The van der Waals surface area contributed by atoms with Crippen LogP contribution in [0.5, 0.6) is 0 Å². The van der Waals surface area contributed by atoms with E-state index in [4.69, 9.17) is 4.74 Å². The highest BCUT2D eigenvalue weighted by Crippen LogP contribution is 2.38. The number of carbonyl (C=O) groups excluding carboxylic acids is 1. The predicted octanol–water partition coefficient (Wildman–Crippen LogP) is 3.33. The van der Waals surface area contributed by atoms with Crippen molar-refractivity contribution in [2.24, 2.45) is 5.92 Å². The van der Waals surface area contributed by atoms with E-state index in [0.29, 0.717) is 5.25 Å². The average molecular weight is 291 g/mol. The first kappa shape index (κ1) is 14.0. The lowest BCUT2D eigenvalue weighted by atomic mass is 9.98. The van der Waals surface area contributed by atoms with E-state index in [1.54, 1.807) is 0 Å². The van der Waals surface area contributed by atoms with Crippen LogP contribution in [0.2, 0.25) is 0 Å². The Hall–Kier alpha value is -1.00. The van der Waals surface area contributed by atoms with E-state index in [1.807, 2.05) is 22.7 Å². The van der Waals surface area contributed by atoms with E-state index in [-0.39, 0.29) is 11.8 Å². The van der Waals surface area contributed by atoms with E-state index in [1.165, 1.54) is 4.90 Å². The Morgan fingerprint density at radius 2 is 2.00 bits per heavy atom. The fourth-order valence-corrected chi connectivity index (χ4v) is 3.99. The molecule has 1 atom stereocenters. The fraction of sp³-hybridized carbons (Fsp3) is 0.562. The number of ether oxygens (including phenoxy) is 1. The van der Waals surface area contributed by atoms with Crippen LogP contribution in [0.1, 0.15) is 26.2 Å². The first-order chi connectivity index (χ1) is 9.75. The van der Waals surface area contributed by atoms with Gasteiger partial charge in [0.2, 0.25) is 5.91 Å². The molecule has 1 saturated heterocycles. The van der Waals surface area contributed by atoms with Gasteiger partial charge in [-0.25, -0.2) is 0 Å². The molecule has 3 rings (SSSR count). The highest BCUT2D eigenvalue weighted by atomic mass is 32.2. The molecular weight excluding hydrogens is 270 g/mol. The molecule has 0 saturated carbocycles. The fourth-order valence-electron chi connectivity index (χ4n) is 2.88. The number of rotatable bonds is 1. The van der Waals surface area contributed by atoms with Gasteiger partial charge in [0.25, 0.3) is 0 Å². The third-order valence-corrected chi connectivity index (χ3v) is 5.32. The highest BCUT2D eigenvalue weighted by molar-refractivity contribution is 8.00. The summed E-state index contributed by atoms with van der Waals surface area (Å²) in [5.41, 5.74) is 1.10. The maximum atomic E-state index is 12.8. The molecule has 4 heteroatoms. The molecule has 2 aliphatic rings. The van der Waals surface area contributed by atoms with Crippen molar-refractivity contribution in [1.82, 2.24) is 0 Å². The summed E-state index contributed by atoms with van der Waals surface area (Å²) >= 11 is 1.88. The number of anilines is 1. The van der Waals surface area contributed by atoms with Gasteiger partial charge in [0, 0.05) is 35.8 Å². The molecule has 0 bridgehead atoms. The Morgan fingerprint density at radius 1 is 1.25 bits per heavy atom. The van der Waals surface area contributed by atoms with E-state index in [0.717, 1.165) is 44.7 Å². The maximum absolute atomic E-state index is 12.8. The van der Waals surface area contributed by atoms with Gasteiger partial charge in [-0.2, -0.15) is 0 Å². The van der Waals surface area contributed by atoms with Crippen molar-refractivity contribution in [3.8, 4) is 0 Å². The summed E-state index contributed by atoms with van der Waals surface area (Å²) in [6, 6.07) is 8.30. The van der Waals surface area contributed by atoms with Gasteiger partial charge in [0.15, 0.2) is 0 Å². The van der Waals surface area contributed by atoms with Crippen molar-refractivity contribution in [3.63, 3.8) is 0 Å². The highest BCUT2D eigenvalue weighted by Gasteiger charge is 2.30. The molecule has 0 N–H and O–H groups in total. The van der Waals surface area contributed by atoms with Crippen LogP contribution >= 0.6 is 11.8 Å². The van der Waals surface area contributed by atoms with Crippen molar-refractivity contribution < 1.29 is 9.53 Å². The second-order valence-electron chi connectivity index (χ2n) is 5.56. The topological polar surface area (TPSA) is 29.5 Å². The first-order valence-corrected chi connectivity index (χ1v) is 8.28. The first-order valence-electron chi connectivity index (χ1n) is 7.40. The van der Waals surface area contributed by atoms with Crippen LogP contribution in [0.25, 0.3) is 0 Å². The Kier molecular flexibility index (Phi) is 4.32. The molecule has 108 valence electrons. The molecule has 0 radical (unpaired) electrons. The van der Waals surface area contributed by atoms with Crippen molar-refractivity contribution in [1.29, 1.82) is 0 Å². The van der Waals surface area contributed by atoms with Crippen LogP contribution in [-0.2, 0) is 9.53 Å². The van der Waals surface area contributed by atoms with Crippen LogP contribution in [0.4, 0.5) is 5.69 Å². The maximum Gasteiger partial charge on any atom is 0.230 e. The third kappa shape index (κ3) is 2.86. The van der Waals surface area contributed by atoms with Crippen LogP contribution in [0.15, 0.2) is 29.2 Å². The van der Waals surface area contributed by atoms with Crippen LogP contribution in [0, 0.1) is 5.92 Å². The number of carbonyl (C=O) groups is 1. The lowest BCUT2D eigenvalue weighted by molar-refractivity contribution is -0.125. The minimum Gasteiger partial charge on any atom is -0.381 e. The molecular formula is C16H21NO2S. The lowest BCUT2D eigenvalue weighted by Gasteiger charge is -2.29. The molecule has 1 amide bonds. The van der Waals surface area contributed by atoms with E-state index in [2.05, 4.69) is 25.1 Å². The quantitative estimate of drug-likeness (QED) is 0.795. The number of para-hydroxylation sites is 1. The van der Waals surface area contributed by atoms with Gasteiger partial charge < -0.3 is 9.64 Å². The minimum absolute atomic E-state index is 0.134. The zero-order chi connectivity index (χ0) is 13.9. The standard InChI is InChI=1S/C16H21NO2S/c1-12-6-9-17(14-4-2-3-5-15(14)20-12)16(18)13-7-10-19-11-8-13/h2-5,12-13H,6-11H2,1H3. The Bertz CT molecular complexity index is 485. The Balaban J connectivity index is 1.86. The predicted molar refractivity (Wildman–Crippen MR) is 82.3 cm³/mol. The summed E-state index contributed by atoms with van der Waals surface area (Å²) in [5, 5.41) is 0.559. The third-order valence-electron chi connectivity index (χ3n) is 4.08. The van der Waals surface area contributed by atoms with E-state index >= 15 is 0 Å².